The second-order valence-electron chi connectivity index (χ2n) is 7.42. The van der Waals surface area contributed by atoms with E-state index >= 15 is 0 Å². The highest BCUT2D eigenvalue weighted by molar-refractivity contribution is 5.94. The highest BCUT2D eigenvalue weighted by atomic mass is 19.1. The number of rotatable bonds is 3. The number of carbonyl (C=O) groups excluding carboxylic acids is 3. The summed E-state index contributed by atoms with van der Waals surface area (Å²) in [7, 11) is 0. The van der Waals surface area contributed by atoms with E-state index in [2.05, 4.69) is 10.9 Å². The molecule has 2 aromatic carbocycles. The third kappa shape index (κ3) is 4.76. The molecule has 0 spiro atoms. The van der Waals surface area contributed by atoms with Gasteiger partial charge in [0.05, 0.1) is 0 Å². The number of ether oxygens (including phenoxy) is 2. The van der Waals surface area contributed by atoms with Gasteiger partial charge in [0.2, 0.25) is 12.0 Å². The zero-order valence-electron chi connectivity index (χ0n) is 16.7. The third-order valence-corrected chi connectivity index (χ3v) is 5.35. The molecule has 0 saturated carbocycles. The summed E-state index contributed by atoms with van der Waals surface area (Å²) >= 11 is 0. The molecule has 2 N–H and O–H groups in total. The number of hydrogen-bond acceptors (Lipinski definition) is 5. The second kappa shape index (κ2) is 9.03. The molecule has 9 heteroatoms. The van der Waals surface area contributed by atoms with Crippen LogP contribution in [0.25, 0.3) is 0 Å². The van der Waals surface area contributed by atoms with Gasteiger partial charge in [0.15, 0.2) is 11.5 Å². The van der Waals surface area contributed by atoms with Crippen molar-refractivity contribution in [3.8, 4) is 11.5 Å². The van der Waals surface area contributed by atoms with Crippen molar-refractivity contribution in [2.24, 2.45) is 5.92 Å². The molecule has 0 bridgehead atoms. The number of amides is 3. The number of piperidine rings is 1. The molecule has 2 aromatic rings. The normalized spacial score (nSPS) is 18.2. The van der Waals surface area contributed by atoms with Gasteiger partial charge in [-0.1, -0.05) is 12.1 Å². The molecule has 3 amide bonds. The Morgan fingerprint density at radius 1 is 0.903 bits per heavy atom. The van der Waals surface area contributed by atoms with Crippen LogP contribution in [0.3, 0.4) is 0 Å². The lowest BCUT2D eigenvalue weighted by Crippen LogP contribution is -2.53. The maximum Gasteiger partial charge on any atom is 0.283 e. The predicted molar refractivity (Wildman–Crippen MR) is 108 cm³/mol. The monoisotopic (exact) mass is 427 g/mol. The number of hydrogen-bond donors (Lipinski definition) is 2. The fourth-order valence-electron chi connectivity index (χ4n) is 3.57. The van der Waals surface area contributed by atoms with Crippen molar-refractivity contribution in [2.75, 3.05) is 19.7 Å². The van der Waals surface area contributed by atoms with E-state index in [0.717, 1.165) is 0 Å². The maximum absolute atomic E-state index is 13.0. The molecule has 0 unspecified atom stereocenters. The fourth-order valence-corrected chi connectivity index (χ4v) is 3.57. The van der Waals surface area contributed by atoms with Gasteiger partial charge in [-0.05, 0) is 49.2 Å². The van der Waals surface area contributed by atoms with Crippen molar-refractivity contribution in [1.29, 1.82) is 0 Å². The Hall–Kier alpha value is -3.62. The lowest BCUT2D eigenvalue weighted by atomic mass is 9.95. The Morgan fingerprint density at radius 3 is 2.26 bits per heavy atom. The van der Waals surface area contributed by atoms with Gasteiger partial charge in [-0.15, -0.1) is 0 Å². The van der Waals surface area contributed by atoms with Gasteiger partial charge in [-0.25, -0.2) is 4.39 Å². The number of fused-ring (bicyclic) bond motifs is 1. The third-order valence-electron chi connectivity index (χ3n) is 5.35. The first-order valence-corrected chi connectivity index (χ1v) is 10.0. The number of halogens is 1. The van der Waals surface area contributed by atoms with Crippen LogP contribution in [-0.4, -0.2) is 48.4 Å². The van der Waals surface area contributed by atoms with Crippen molar-refractivity contribution >= 4 is 17.7 Å². The summed E-state index contributed by atoms with van der Waals surface area (Å²) in [6, 6.07) is 12.4. The Labute approximate surface area is 178 Å². The minimum Gasteiger partial charge on any atom is -0.485 e. The van der Waals surface area contributed by atoms with Crippen molar-refractivity contribution < 1.29 is 28.2 Å². The lowest BCUT2D eigenvalue weighted by molar-refractivity contribution is -0.136. The van der Waals surface area contributed by atoms with Gasteiger partial charge >= 0.3 is 0 Å². The second-order valence-corrected chi connectivity index (χ2v) is 7.42. The van der Waals surface area contributed by atoms with Gasteiger partial charge in [0.25, 0.3) is 11.8 Å². The lowest BCUT2D eigenvalue weighted by Gasteiger charge is -2.31. The first-order valence-electron chi connectivity index (χ1n) is 10.0. The Kier molecular flexibility index (Phi) is 6.01. The molecule has 0 radical (unpaired) electrons. The summed E-state index contributed by atoms with van der Waals surface area (Å²) in [5.74, 6) is -0.714. The summed E-state index contributed by atoms with van der Waals surface area (Å²) < 4.78 is 24.1. The molecular formula is C22H22FN3O5. The van der Waals surface area contributed by atoms with Gasteiger partial charge in [-0.2, -0.15) is 0 Å². The van der Waals surface area contributed by atoms with E-state index < -0.39 is 17.8 Å². The van der Waals surface area contributed by atoms with Gasteiger partial charge in [-0.3, -0.25) is 25.2 Å². The van der Waals surface area contributed by atoms with Crippen molar-refractivity contribution in [3.63, 3.8) is 0 Å². The van der Waals surface area contributed by atoms with E-state index in [9.17, 15) is 18.8 Å². The Morgan fingerprint density at radius 2 is 1.55 bits per heavy atom. The molecule has 1 saturated heterocycles. The molecule has 8 nitrogen and oxygen atoms in total. The first-order chi connectivity index (χ1) is 15.0. The van der Waals surface area contributed by atoms with E-state index in [1.165, 1.54) is 24.3 Å². The zero-order chi connectivity index (χ0) is 21.8. The standard InChI is InChI=1S/C22H22FN3O5/c23-16-7-5-15(6-8-16)22(29)26-11-9-14(10-12-26)20(27)24-25-21(28)19-13-30-17-3-1-2-4-18(17)31-19/h1-8,14,19H,9-13H2,(H,24,27)(H,25,28)/t19-/m1/s1. The smallest absolute Gasteiger partial charge is 0.283 e. The highest BCUT2D eigenvalue weighted by Crippen LogP contribution is 2.30. The van der Waals surface area contributed by atoms with E-state index in [-0.39, 0.29) is 24.3 Å². The van der Waals surface area contributed by atoms with Crippen LogP contribution in [0.1, 0.15) is 23.2 Å². The molecule has 1 fully saturated rings. The zero-order valence-corrected chi connectivity index (χ0v) is 16.7. The largest absolute Gasteiger partial charge is 0.485 e. The average Bonchev–Trinajstić information content (AvgIpc) is 2.82. The van der Waals surface area contributed by atoms with E-state index in [4.69, 9.17) is 9.47 Å². The molecule has 0 aromatic heterocycles. The van der Waals surface area contributed by atoms with Crippen LogP contribution >= 0.6 is 0 Å². The SMILES string of the molecule is O=C(NNC(=O)[C@H]1COc2ccccc2O1)C1CCN(C(=O)c2ccc(F)cc2)CC1. The molecule has 1 atom stereocenters. The van der Waals surface area contributed by atoms with E-state index in [0.29, 0.717) is 43.0 Å². The van der Waals surface area contributed by atoms with Crippen LogP contribution in [0, 0.1) is 11.7 Å². The Bertz CT molecular complexity index is 973. The van der Waals surface area contributed by atoms with Crippen molar-refractivity contribution in [2.45, 2.75) is 18.9 Å². The van der Waals surface area contributed by atoms with Crippen LogP contribution in [0.2, 0.25) is 0 Å². The number of likely N-dealkylation sites (tertiary alicyclic amines) is 1. The van der Waals surface area contributed by atoms with Gasteiger partial charge in [0, 0.05) is 24.6 Å². The summed E-state index contributed by atoms with van der Waals surface area (Å²) in [6.07, 6.45) is 0.0567. The van der Waals surface area contributed by atoms with Gasteiger partial charge in [0.1, 0.15) is 12.4 Å². The van der Waals surface area contributed by atoms with Crippen molar-refractivity contribution in [1.82, 2.24) is 15.8 Å². The van der Waals surface area contributed by atoms with E-state index in [1.807, 2.05) is 0 Å². The minimum absolute atomic E-state index is 0.0442. The van der Waals surface area contributed by atoms with Crippen LogP contribution in [-0.2, 0) is 9.59 Å². The molecule has 2 heterocycles. The topological polar surface area (TPSA) is 97.0 Å². The minimum atomic E-state index is -0.870. The molecule has 0 aliphatic carbocycles. The molecule has 31 heavy (non-hydrogen) atoms. The Balaban J connectivity index is 1.23. The quantitative estimate of drug-likeness (QED) is 0.727. The summed E-state index contributed by atoms with van der Waals surface area (Å²) in [5, 5.41) is 0. The highest BCUT2D eigenvalue weighted by Gasteiger charge is 2.30. The first kappa shape index (κ1) is 20.6. The fraction of sp³-hybridized carbons (Fsp3) is 0.318. The number of benzene rings is 2. The summed E-state index contributed by atoms with van der Waals surface area (Å²) in [5.41, 5.74) is 5.23. The van der Waals surface area contributed by atoms with Crippen LogP contribution in [0.15, 0.2) is 48.5 Å². The molecule has 4 rings (SSSR count). The van der Waals surface area contributed by atoms with Gasteiger partial charge < -0.3 is 14.4 Å². The number of para-hydroxylation sites is 2. The number of hydrazine groups is 1. The average molecular weight is 427 g/mol. The maximum atomic E-state index is 13.0. The molecule has 162 valence electrons. The number of nitrogens with zero attached hydrogens (tertiary/aromatic N) is 1. The van der Waals surface area contributed by atoms with Crippen LogP contribution < -0.4 is 20.3 Å². The molecule has 2 aliphatic heterocycles. The molecular weight excluding hydrogens is 405 g/mol. The van der Waals surface area contributed by atoms with Crippen LogP contribution in [0.5, 0.6) is 11.5 Å². The molecule has 2 aliphatic rings. The van der Waals surface area contributed by atoms with E-state index in [1.54, 1.807) is 29.2 Å². The van der Waals surface area contributed by atoms with Crippen LogP contribution in [0.4, 0.5) is 4.39 Å². The number of nitrogens with one attached hydrogen (secondary N) is 2. The number of carbonyl (C=O) groups is 3. The predicted octanol–water partition coefficient (Wildman–Crippen LogP) is 1.67. The summed E-state index contributed by atoms with van der Waals surface area (Å²) in [4.78, 5) is 38.9. The summed E-state index contributed by atoms with van der Waals surface area (Å²) in [6.45, 7) is 0.847. The van der Waals surface area contributed by atoms with Crippen molar-refractivity contribution in [3.05, 3.63) is 59.9 Å².